The van der Waals surface area contributed by atoms with Gasteiger partial charge in [-0.05, 0) is 37.2 Å². The average Bonchev–Trinajstić information content (AvgIpc) is 3.18. The van der Waals surface area contributed by atoms with Gasteiger partial charge in [-0.15, -0.1) is 5.10 Å². The van der Waals surface area contributed by atoms with Crippen LogP contribution in [0.3, 0.4) is 0 Å². The smallest absolute Gasteiger partial charge is 0.309 e. The lowest BCUT2D eigenvalue weighted by Crippen LogP contribution is -2.46. The number of morpholine rings is 1. The Morgan fingerprint density at radius 2 is 1.79 bits per heavy atom. The first-order valence-electron chi connectivity index (χ1n) is 9.99. The first-order chi connectivity index (χ1) is 14.0. The first kappa shape index (κ1) is 21.6. The van der Waals surface area contributed by atoms with E-state index >= 15 is 0 Å². The number of carbonyl (C=O) groups excluding carboxylic acids is 3. The minimum absolute atomic E-state index is 0.0281. The Hall–Kier alpha value is -2.11. The van der Waals surface area contributed by atoms with Gasteiger partial charge < -0.3 is 20.3 Å². The molecule has 0 aliphatic carbocycles. The number of nitrogens with zero attached hydrogens (tertiary/aromatic N) is 4. The summed E-state index contributed by atoms with van der Waals surface area (Å²) in [6.45, 7) is 7.75. The molecular formula is C18H28N6O4S. The molecule has 0 unspecified atom stereocenters. The molecule has 1 aromatic heterocycles. The van der Waals surface area contributed by atoms with E-state index in [2.05, 4.69) is 25.1 Å². The molecule has 10 nitrogen and oxygen atoms in total. The van der Waals surface area contributed by atoms with Crippen LogP contribution in [0.25, 0.3) is 0 Å². The summed E-state index contributed by atoms with van der Waals surface area (Å²) >= 11 is 1.12. The Kier molecular flexibility index (Phi) is 7.90. The summed E-state index contributed by atoms with van der Waals surface area (Å²) in [4.78, 5) is 41.0. The highest BCUT2D eigenvalue weighted by Gasteiger charge is 2.26. The zero-order chi connectivity index (χ0) is 20.6. The molecule has 0 saturated carbocycles. The number of amides is 3. The second-order valence-electron chi connectivity index (χ2n) is 7.34. The molecule has 0 bridgehead atoms. The van der Waals surface area contributed by atoms with E-state index in [9.17, 15) is 14.4 Å². The van der Waals surface area contributed by atoms with Crippen LogP contribution in [0.4, 0.5) is 0 Å². The van der Waals surface area contributed by atoms with Gasteiger partial charge in [-0.1, -0.05) is 4.49 Å². The van der Waals surface area contributed by atoms with Gasteiger partial charge in [-0.25, -0.2) is 0 Å². The number of hydrogen-bond acceptors (Lipinski definition) is 8. The molecule has 3 rings (SSSR count). The van der Waals surface area contributed by atoms with E-state index < -0.39 is 11.8 Å². The van der Waals surface area contributed by atoms with Gasteiger partial charge in [0.25, 0.3) is 5.91 Å². The van der Waals surface area contributed by atoms with Gasteiger partial charge in [0.1, 0.15) is 4.88 Å². The summed E-state index contributed by atoms with van der Waals surface area (Å²) in [5, 5.41) is 9.27. The number of aryl methyl sites for hydroxylation is 1. The molecule has 0 spiro atoms. The Morgan fingerprint density at radius 1 is 1.10 bits per heavy atom. The Balaban J connectivity index is 1.31. The second-order valence-corrected chi connectivity index (χ2v) is 8.10. The number of rotatable bonds is 6. The predicted molar refractivity (Wildman–Crippen MR) is 107 cm³/mol. The maximum atomic E-state index is 12.5. The van der Waals surface area contributed by atoms with Gasteiger partial charge in [0.2, 0.25) is 0 Å². The highest BCUT2D eigenvalue weighted by Crippen LogP contribution is 2.20. The van der Waals surface area contributed by atoms with Crippen LogP contribution >= 0.6 is 11.5 Å². The number of piperidine rings is 1. The van der Waals surface area contributed by atoms with E-state index in [1.807, 2.05) is 0 Å². The van der Waals surface area contributed by atoms with E-state index in [0.717, 1.165) is 37.5 Å². The SMILES string of the molecule is Cc1nnsc1C(=O)N1CCC(CNC(=O)C(=O)NCCN2CCOCC2)CC1. The highest BCUT2D eigenvalue weighted by atomic mass is 32.1. The standard InChI is InChI=1S/C18H28N6O4S/c1-13-15(29-22-21-13)18(27)24-5-2-14(3-6-24)12-20-17(26)16(25)19-4-7-23-8-10-28-11-9-23/h14H,2-12H2,1H3,(H,19,25)(H,20,26). The Bertz CT molecular complexity index is 713. The van der Waals surface area contributed by atoms with Crippen LogP contribution in [0.2, 0.25) is 0 Å². The van der Waals surface area contributed by atoms with E-state index in [1.165, 1.54) is 0 Å². The van der Waals surface area contributed by atoms with E-state index in [-0.39, 0.29) is 11.8 Å². The van der Waals surface area contributed by atoms with Gasteiger partial charge >= 0.3 is 11.8 Å². The third-order valence-corrected chi connectivity index (χ3v) is 6.14. The lowest BCUT2D eigenvalue weighted by molar-refractivity contribution is -0.139. The molecule has 0 radical (unpaired) electrons. The maximum absolute atomic E-state index is 12.5. The number of carbonyl (C=O) groups is 3. The summed E-state index contributed by atoms with van der Waals surface area (Å²) in [6.07, 6.45) is 1.58. The third kappa shape index (κ3) is 6.18. The van der Waals surface area contributed by atoms with Crippen molar-refractivity contribution in [3.8, 4) is 0 Å². The molecule has 3 amide bonds. The molecule has 29 heavy (non-hydrogen) atoms. The minimum Gasteiger partial charge on any atom is -0.379 e. The van der Waals surface area contributed by atoms with Crippen molar-refractivity contribution in [2.45, 2.75) is 19.8 Å². The summed E-state index contributed by atoms with van der Waals surface area (Å²) < 4.78 is 9.09. The largest absolute Gasteiger partial charge is 0.379 e. The molecular weight excluding hydrogens is 396 g/mol. The Morgan fingerprint density at radius 3 is 2.45 bits per heavy atom. The van der Waals surface area contributed by atoms with Gasteiger partial charge in [-0.2, -0.15) is 0 Å². The summed E-state index contributed by atoms with van der Waals surface area (Å²) in [7, 11) is 0. The monoisotopic (exact) mass is 424 g/mol. The lowest BCUT2D eigenvalue weighted by Gasteiger charge is -2.31. The third-order valence-electron chi connectivity index (χ3n) is 5.32. The van der Waals surface area contributed by atoms with Crippen LogP contribution in [-0.2, 0) is 14.3 Å². The van der Waals surface area contributed by atoms with Gasteiger partial charge in [0.15, 0.2) is 0 Å². The lowest BCUT2D eigenvalue weighted by atomic mass is 9.96. The van der Waals surface area contributed by atoms with Crippen LogP contribution < -0.4 is 10.6 Å². The number of nitrogens with one attached hydrogen (secondary N) is 2. The molecule has 2 aliphatic rings. The maximum Gasteiger partial charge on any atom is 0.309 e. The van der Waals surface area contributed by atoms with Gasteiger partial charge in [-0.3, -0.25) is 19.3 Å². The molecule has 2 N–H and O–H groups in total. The second kappa shape index (κ2) is 10.6. The normalized spacial score (nSPS) is 18.4. The van der Waals surface area contributed by atoms with Crippen molar-refractivity contribution in [3.05, 3.63) is 10.6 Å². The van der Waals surface area contributed by atoms with Crippen LogP contribution in [0, 0.1) is 12.8 Å². The number of likely N-dealkylation sites (tertiary alicyclic amines) is 1. The van der Waals surface area contributed by atoms with E-state index in [0.29, 0.717) is 56.5 Å². The van der Waals surface area contributed by atoms with Crippen molar-refractivity contribution in [3.63, 3.8) is 0 Å². The van der Waals surface area contributed by atoms with Crippen molar-refractivity contribution >= 4 is 29.3 Å². The van der Waals surface area contributed by atoms with Crippen LogP contribution in [0.1, 0.15) is 28.2 Å². The quantitative estimate of drug-likeness (QED) is 0.578. The van der Waals surface area contributed by atoms with Crippen LogP contribution in [0.15, 0.2) is 0 Å². The minimum atomic E-state index is -0.600. The zero-order valence-electron chi connectivity index (χ0n) is 16.7. The first-order valence-corrected chi connectivity index (χ1v) is 10.8. The summed E-state index contributed by atoms with van der Waals surface area (Å²) in [5.74, 6) is -0.972. The molecule has 2 saturated heterocycles. The molecule has 0 aromatic carbocycles. The molecule has 2 fully saturated rings. The number of aromatic nitrogens is 2. The van der Waals surface area contributed by atoms with Crippen LogP contribution in [-0.4, -0.2) is 96.1 Å². The molecule has 11 heteroatoms. The van der Waals surface area contributed by atoms with Crippen molar-refractivity contribution in [1.82, 2.24) is 30.0 Å². The number of hydrogen-bond donors (Lipinski definition) is 2. The highest BCUT2D eigenvalue weighted by molar-refractivity contribution is 7.07. The Labute approximate surface area is 174 Å². The summed E-state index contributed by atoms with van der Waals surface area (Å²) in [6, 6.07) is 0. The average molecular weight is 425 g/mol. The fourth-order valence-corrected chi connectivity index (χ4v) is 4.09. The predicted octanol–water partition coefficient (Wildman–Crippen LogP) is -0.737. The van der Waals surface area contributed by atoms with Crippen molar-refractivity contribution < 1.29 is 19.1 Å². The fraction of sp³-hybridized carbons (Fsp3) is 0.722. The van der Waals surface area contributed by atoms with Gasteiger partial charge in [0, 0.05) is 45.8 Å². The molecule has 160 valence electrons. The molecule has 1 aromatic rings. The van der Waals surface area contributed by atoms with Crippen molar-refractivity contribution in [1.29, 1.82) is 0 Å². The van der Waals surface area contributed by atoms with Crippen molar-refractivity contribution in [2.75, 3.05) is 59.0 Å². The van der Waals surface area contributed by atoms with E-state index in [1.54, 1.807) is 11.8 Å². The van der Waals surface area contributed by atoms with Gasteiger partial charge in [0.05, 0.1) is 18.9 Å². The fourth-order valence-electron chi connectivity index (χ4n) is 3.46. The molecule has 0 atom stereocenters. The topological polar surface area (TPSA) is 117 Å². The van der Waals surface area contributed by atoms with E-state index in [4.69, 9.17) is 4.74 Å². The number of ether oxygens (including phenoxy) is 1. The van der Waals surface area contributed by atoms with Crippen molar-refractivity contribution in [2.24, 2.45) is 5.92 Å². The zero-order valence-corrected chi connectivity index (χ0v) is 17.5. The molecule has 2 aliphatic heterocycles. The van der Waals surface area contributed by atoms with Crippen LogP contribution in [0.5, 0.6) is 0 Å². The molecule has 3 heterocycles. The summed E-state index contributed by atoms with van der Waals surface area (Å²) in [5.41, 5.74) is 0.661.